The highest BCUT2D eigenvalue weighted by molar-refractivity contribution is 5.81. The normalized spacial score (nSPS) is 17.4. The van der Waals surface area contributed by atoms with E-state index in [1.165, 1.54) is 11.0 Å². The molecular weight excluding hydrogens is 380 g/mol. The number of carbonyl (C=O) groups excluding carboxylic acids is 1. The molecule has 2 atom stereocenters. The van der Waals surface area contributed by atoms with Crippen LogP contribution in [0.1, 0.15) is 24.4 Å². The van der Waals surface area contributed by atoms with Crippen LogP contribution in [0.15, 0.2) is 60.9 Å². The molecule has 0 spiro atoms. The van der Waals surface area contributed by atoms with Gasteiger partial charge in [0.05, 0.1) is 12.8 Å². The van der Waals surface area contributed by atoms with Crippen molar-refractivity contribution in [3.8, 4) is 5.75 Å². The van der Waals surface area contributed by atoms with E-state index in [-0.39, 0.29) is 11.9 Å². The fourth-order valence-electron chi connectivity index (χ4n) is 3.96. The molecule has 2 aromatic carbocycles. The molecule has 1 aromatic heterocycles. The molecule has 156 valence electrons. The monoisotopic (exact) mass is 406 g/mol. The van der Waals surface area contributed by atoms with E-state index in [1.807, 2.05) is 48.5 Å². The average molecular weight is 406 g/mol. The van der Waals surface area contributed by atoms with E-state index in [2.05, 4.69) is 31.8 Å². The molecule has 3 aromatic rings. The number of amides is 1. The first-order valence-electron chi connectivity index (χ1n) is 10.2. The minimum atomic E-state index is -0.496. The van der Waals surface area contributed by atoms with Crippen molar-refractivity contribution in [2.24, 2.45) is 0 Å². The summed E-state index contributed by atoms with van der Waals surface area (Å²) in [5, 5.41) is 14.6. The predicted octanol–water partition coefficient (Wildman–Crippen LogP) is 2.25. The number of para-hydroxylation sites is 2. The van der Waals surface area contributed by atoms with Gasteiger partial charge in [-0.05, 0) is 41.0 Å². The Morgan fingerprint density at radius 1 is 1.20 bits per heavy atom. The molecule has 1 fully saturated rings. The van der Waals surface area contributed by atoms with E-state index in [0.717, 1.165) is 42.9 Å². The van der Waals surface area contributed by atoms with Crippen molar-refractivity contribution in [2.45, 2.75) is 31.3 Å². The van der Waals surface area contributed by atoms with Crippen molar-refractivity contribution in [3.05, 3.63) is 66.5 Å². The highest BCUT2D eigenvalue weighted by Gasteiger charge is 2.28. The number of carbonyl (C=O) groups is 1. The molecule has 0 saturated carbocycles. The molecule has 2 unspecified atom stereocenters. The number of nitrogens with one attached hydrogen (secondary N) is 1. The summed E-state index contributed by atoms with van der Waals surface area (Å²) in [4.78, 5) is 15.5. The van der Waals surface area contributed by atoms with Gasteiger partial charge < -0.3 is 15.0 Å². The summed E-state index contributed by atoms with van der Waals surface area (Å²) in [5.41, 5.74) is 2.12. The van der Waals surface area contributed by atoms with Crippen LogP contribution in [0.2, 0.25) is 0 Å². The summed E-state index contributed by atoms with van der Waals surface area (Å²) in [6.07, 6.45) is 3.96. The van der Waals surface area contributed by atoms with Crippen LogP contribution >= 0.6 is 0 Å². The van der Waals surface area contributed by atoms with Gasteiger partial charge in [0.2, 0.25) is 5.91 Å². The average Bonchev–Trinajstić information content (AvgIpc) is 3.33. The summed E-state index contributed by atoms with van der Waals surface area (Å²) in [6.45, 7) is 1.67. The van der Waals surface area contributed by atoms with Crippen LogP contribution in [0.5, 0.6) is 5.75 Å². The van der Waals surface area contributed by atoms with Crippen molar-refractivity contribution in [3.63, 3.8) is 0 Å². The fraction of sp³-hybridized carbons (Fsp3) is 0.364. The Morgan fingerprint density at radius 3 is 2.77 bits per heavy atom. The fourth-order valence-corrected chi connectivity index (χ4v) is 3.96. The van der Waals surface area contributed by atoms with E-state index in [9.17, 15) is 4.79 Å². The van der Waals surface area contributed by atoms with E-state index < -0.39 is 6.04 Å². The molecule has 8 nitrogen and oxygen atoms in total. The third-order valence-electron chi connectivity index (χ3n) is 5.45. The number of anilines is 1. The van der Waals surface area contributed by atoms with E-state index >= 15 is 0 Å². The third-order valence-corrected chi connectivity index (χ3v) is 5.45. The number of benzene rings is 2. The Labute approximate surface area is 175 Å². The van der Waals surface area contributed by atoms with Crippen LogP contribution in [0.3, 0.4) is 0 Å². The number of ether oxygens (including phenoxy) is 1. The number of tetrazole rings is 1. The van der Waals surface area contributed by atoms with Crippen LogP contribution in [-0.4, -0.2) is 52.4 Å². The van der Waals surface area contributed by atoms with Crippen molar-refractivity contribution >= 4 is 11.6 Å². The molecule has 0 radical (unpaired) electrons. The van der Waals surface area contributed by atoms with Crippen LogP contribution in [0.4, 0.5) is 5.69 Å². The van der Waals surface area contributed by atoms with E-state index in [4.69, 9.17) is 4.74 Å². The molecule has 0 bridgehead atoms. The van der Waals surface area contributed by atoms with Crippen LogP contribution in [0.25, 0.3) is 0 Å². The maximum absolute atomic E-state index is 13.2. The lowest BCUT2D eigenvalue weighted by Crippen LogP contribution is -2.50. The van der Waals surface area contributed by atoms with Crippen molar-refractivity contribution < 1.29 is 9.53 Å². The van der Waals surface area contributed by atoms with Gasteiger partial charge in [0.25, 0.3) is 0 Å². The van der Waals surface area contributed by atoms with E-state index in [1.54, 1.807) is 7.11 Å². The second-order valence-corrected chi connectivity index (χ2v) is 7.46. The number of hydrogen-bond acceptors (Lipinski definition) is 6. The maximum Gasteiger partial charge on any atom is 0.245 e. The zero-order valence-electron chi connectivity index (χ0n) is 17.0. The van der Waals surface area contributed by atoms with Gasteiger partial charge in [-0.15, -0.1) is 5.10 Å². The summed E-state index contributed by atoms with van der Waals surface area (Å²) in [5.74, 6) is 0.776. The summed E-state index contributed by atoms with van der Waals surface area (Å²) in [7, 11) is 1.68. The number of hydrogen-bond donors (Lipinski definition) is 1. The largest absolute Gasteiger partial charge is 0.495 e. The first-order chi connectivity index (χ1) is 14.7. The van der Waals surface area contributed by atoms with Gasteiger partial charge in [0, 0.05) is 25.6 Å². The lowest BCUT2D eigenvalue weighted by molar-refractivity contribution is -0.125. The van der Waals surface area contributed by atoms with Gasteiger partial charge in [-0.2, -0.15) is 0 Å². The molecule has 2 heterocycles. The SMILES string of the molecule is COc1ccccc1N1CCCC(NC(=O)C(Cc2ccccc2)n2cnnn2)C1. The Morgan fingerprint density at radius 2 is 2.00 bits per heavy atom. The van der Waals surface area contributed by atoms with Crippen LogP contribution < -0.4 is 15.0 Å². The lowest BCUT2D eigenvalue weighted by Gasteiger charge is -2.36. The number of piperidine rings is 1. The second-order valence-electron chi connectivity index (χ2n) is 7.46. The summed E-state index contributed by atoms with van der Waals surface area (Å²) < 4.78 is 7.04. The minimum Gasteiger partial charge on any atom is -0.495 e. The molecule has 30 heavy (non-hydrogen) atoms. The minimum absolute atomic E-state index is 0.0471. The topological polar surface area (TPSA) is 85.2 Å². The van der Waals surface area contributed by atoms with Gasteiger partial charge in [0.1, 0.15) is 18.1 Å². The highest BCUT2D eigenvalue weighted by atomic mass is 16.5. The molecule has 8 heteroatoms. The van der Waals surface area contributed by atoms with Gasteiger partial charge in [-0.3, -0.25) is 4.79 Å². The zero-order chi connectivity index (χ0) is 20.8. The molecule has 1 N–H and O–H groups in total. The third kappa shape index (κ3) is 4.59. The standard InChI is InChI=1S/C22H26N6O2/c1-30-21-12-6-5-11-19(21)27-13-7-10-18(15-27)24-22(29)20(28-16-23-25-26-28)14-17-8-3-2-4-9-17/h2-6,8-9,11-12,16,18,20H,7,10,13-15H2,1H3,(H,24,29). The van der Waals surface area contributed by atoms with Crippen molar-refractivity contribution in [2.75, 3.05) is 25.1 Å². The van der Waals surface area contributed by atoms with Gasteiger partial charge in [0.15, 0.2) is 0 Å². The number of nitrogens with zero attached hydrogens (tertiary/aromatic N) is 5. The molecular formula is C22H26N6O2. The Hall–Kier alpha value is -3.42. The Kier molecular flexibility index (Phi) is 6.22. The molecule has 0 aliphatic carbocycles. The van der Waals surface area contributed by atoms with Crippen molar-refractivity contribution in [1.29, 1.82) is 0 Å². The number of aromatic nitrogens is 4. The summed E-state index contributed by atoms with van der Waals surface area (Å²) >= 11 is 0. The first-order valence-corrected chi connectivity index (χ1v) is 10.2. The number of rotatable bonds is 7. The Balaban J connectivity index is 1.46. The zero-order valence-corrected chi connectivity index (χ0v) is 17.0. The molecule has 4 rings (SSSR count). The molecule has 1 aliphatic heterocycles. The van der Waals surface area contributed by atoms with Gasteiger partial charge >= 0.3 is 0 Å². The molecule has 1 amide bonds. The van der Waals surface area contributed by atoms with Gasteiger partial charge in [-0.25, -0.2) is 4.68 Å². The van der Waals surface area contributed by atoms with Crippen LogP contribution in [-0.2, 0) is 11.2 Å². The summed E-state index contributed by atoms with van der Waals surface area (Å²) in [6, 6.07) is 17.5. The van der Waals surface area contributed by atoms with Gasteiger partial charge in [-0.1, -0.05) is 42.5 Å². The first kappa shape index (κ1) is 19.9. The Bertz CT molecular complexity index is 947. The lowest BCUT2D eigenvalue weighted by atomic mass is 10.0. The van der Waals surface area contributed by atoms with Crippen LogP contribution in [0, 0.1) is 0 Å². The van der Waals surface area contributed by atoms with Crippen molar-refractivity contribution in [1.82, 2.24) is 25.5 Å². The molecule has 1 saturated heterocycles. The quantitative estimate of drug-likeness (QED) is 0.648. The number of methoxy groups -OCH3 is 1. The maximum atomic E-state index is 13.2. The second kappa shape index (κ2) is 9.39. The molecule has 1 aliphatic rings. The highest BCUT2D eigenvalue weighted by Crippen LogP contribution is 2.30. The van der Waals surface area contributed by atoms with E-state index in [0.29, 0.717) is 6.42 Å². The predicted molar refractivity (Wildman–Crippen MR) is 113 cm³/mol. The smallest absolute Gasteiger partial charge is 0.245 e.